The maximum Gasteiger partial charge on any atom is 0.425 e. The summed E-state index contributed by atoms with van der Waals surface area (Å²) in [5.41, 5.74) is -4.62. The minimum atomic E-state index is -5.23. The van der Waals surface area contributed by atoms with Crippen LogP contribution in [0, 0.1) is 17.3 Å². The molecule has 0 saturated heterocycles. The quantitative estimate of drug-likeness (QED) is 0.517. The lowest BCUT2D eigenvalue weighted by Crippen LogP contribution is -2.67. The van der Waals surface area contributed by atoms with Crippen molar-refractivity contribution >= 4 is 17.6 Å². The van der Waals surface area contributed by atoms with Crippen molar-refractivity contribution in [3.8, 4) is 5.75 Å². The average Bonchev–Trinajstić information content (AvgIpc) is 3.03. The molecule has 1 N–H and O–H groups in total. The molecule has 38 heavy (non-hydrogen) atoms. The van der Waals surface area contributed by atoms with Gasteiger partial charge in [0.25, 0.3) is 11.8 Å². The van der Waals surface area contributed by atoms with E-state index >= 15 is 13.2 Å². The maximum atomic E-state index is 15.1. The molecule has 2 aliphatic carbocycles. The molecule has 2 amide bonds. The number of nitrogens with one attached hydrogen (secondary N) is 1. The average molecular weight is 535 g/mol. The zero-order valence-electron chi connectivity index (χ0n) is 22.9. The van der Waals surface area contributed by atoms with Gasteiger partial charge in [0.2, 0.25) is 5.54 Å². The number of carbonyl (C=O) groups is 3. The van der Waals surface area contributed by atoms with Crippen LogP contribution in [0.2, 0.25) is 0 Å². The molecule has 1 aliphatic heterocycles. The Morgan fingerprint density at radius 2 is 1.71 bits per heavy atom. The Morgan fingerprint density at radius 1 is 1.08 bits per heavy atom. The summed E-state index contributed by atoms with van der Waals surface area (Å²) in [6.45, 7) is 11.3. The Hall–Kier alpha value is -2.84. The molecule has 1 aromatic rings. The lowest BCUT2D eigenvalue weighted by Gasteiger charge is -2.43. The van der Waals surface area contributed by atoms with Crippen LogP contribution in [0.3, 0.4) is 0 Å². The number of nitrogens with zero attached hydrogens (tertiary/aromatic N) is 1. The van der Waals surface area contributed by atoms with E-state index < -0.39 is 46.3 Å². The molecular formula is C29H37F3N2O4. The van der Waals surface area contributed by atoms with Gasteiger partial charge in [-0.3, -0.25) is 14.4 Å². The van der Waals surface area contributed by atoms with Crippen LogP contribution < -0.4 is 10.1 Å². The summed E-state index contributed by atoms with van der Waals surface area (Å²) in [5.74, 6) is -2.50. The number of amides is 2. The highest BCUT2D eigenvalue weighted by molar-refractivity contribution is 6.14. The van der Waals surface area contributed by atoms with Crippen molar-refractivity contribution in [2.24, 2.45) is 17.3 Å². The SMILES string of the molecule is CC(C)Oc1ccc(C(=O)N[C@@]2(C(F)(F)F)C(=O)N([C@H]3CCC[C@H](C)[C@@H]3C)C3=C2C(=O)CC(C)(C)C3)cc1. The number of benzene rings is 1. The normalized spacial score (nSPS) is 29.5. The topological polar surface area (TPSA) is 75.7 Å². The summed E-state index contributed by atoms with van der Waals surface area (Å²) < 4.78 is 51.0. The third-order valence-electron chi connectivity index (χ3n) is 8.27. The monoisotopic (exact) mass is 534 g/mol. The van der Waals surface area contributed by atoms with Crippen molar-refractivity contribution in [2.45, 2.75) is 97.5 Å². The predicted molar refractivity (Wildman–Crippen MR) is 136 cm³/mol. The number of ether oxygens (including phenoxy) is 1. The van der Waals surface area contributed by atoms with E-state index in [0.717, 1.165) is 12.8 Å². The van der Waals surface area contributed by atoms with Crippen LogP contribution in [0.4, 0.5) is 13.2 Å². The molecule has 9 heteroatoms. The Morgan fingerprint density at radius 3 is 2.29 bits per heavy atom. The standard InChI is InChI=1S/C29H37F3N2O4/c1-16(2)38-20-12-10-19(11-13-20)25(36)33-28(29(30,31)32)24-22(14-27(5,6)15-23(24)35)34(26(28)37)21-9-7-8-17(3)18(21)4/h10-13,16-18,21H,7-9,14-15H2,1-6H3,(H,33,36)/t17-,18-,21-,28+/m0/s1. The van der Waals surface area contributed by atoms with Crippen molar-refractivity contribution < 1.29 is 32.3 Å². The summed E-state index contributed by atoms with van der Waals surface area (Å²) in [4.78, 5) is 42.0. The number of rotatable bonds is 5. The van der Waals surface area contributed by atoms with Gasteiger partial charge in [0.05, 0.1) is 11.7 Å². The van der Waals surface area contributed by atoms with Gasteiger partial charge in [-0.15, -0.1) is 0 Å². The van der Waals surface area contributed by atoms with Gasteiger partial charge in [-0.05, 0) is 68.2 Å². The zero-order chi connectivity index (χ0) is 28.2. The minimum Gasteiger partial charge on any atom is -0.491 e. The fraction of sp³-hybridized carbons (Fsp3) is 0.621. The second-order valence-corrected chi connectivity index (χ2v) is 12.2. The van der Waals surface area contributed by atoms with Crippen molar-refractivity contribution in [1.82, 2.24) is 10.2 Å². The van der Waals surface area contributed by atoms with Crippen LogP contribution in [0.25, 0.3) is 0 Å². The van der Waals surface area contributed by atoms with Crippen molar-refractivity contribution in [1.29, 1.82) is 0 Å². The molecule has 3 aliphatic rings. The Labute approximate surface area is 222 Å². The van der Waals surface area contributed by atoms with Crippen LogP contribution in [-0.4, -0.2) is 46.4 Å². The first kappa shape index (κ1) is 28.2. The lowest BCUT2D eigenvalue weighted by molar-refractivity contribution is -0.192. The summed E-state index contributed by atoms with van der Waals surface area (Å²) in [5, 5.41) is 2.04. The molecule has 0 bridgehead atoms. The number of allylic oxidation sites excluding steroid dienone is 1. The number of ketones is 1. The Bertz CT molecular complexity index is 1160. The van der Waals surface area contributed by atoms with Gasteiger partial charge in [0.15, 0.2) is 5.78 Å². The van der Waals surface area contributed by atoms with E-state index in [-0.39, 0.29) is 42.0 Å². The van der Waals surface area contributed by atoms with E-state index in [1.165, 1.54) is 29.2 Å². The van der Waals surface area contributed by atoms with Gasteiger partial charge in [0.1, 0.15) is 5.75 Å². The highest BCUT2D eigenvalue weighted by Crippen LogP contribution is 2.54. The smallest absolute Gasteiger partial charge is 0.425 e. The van der Waals surface area contributed by atoms with Gasteiger partial charge in [-0.25, -0.2) is 0 Å². The van der Waals surface area contributed by atoms with Gasteiger partial charge in [0, 0.05) is 23.7 Å². The first-order chi connectivity index (χ1) is 17.6. The van der Waals surface area contributed by atoms with Gasteiger partial charge in [-0.2, -0.15) is 13.2 Å². The van der Waals surface area contributed by atoms with Crippen LogP contribution >= 0.6 is 0 Å². The molecule has 0 aromatic heterocycles. The van der Waals surface area contributed by atoms with Crippen molar-refractivity contribution in [2.75, 3.05) is 0 Å². The fourth-order valence-corrected chi connectivity index (χ4v) is 6.25. The van der Waals surface area contributed by atoms with Crippen molar-refractivity contribution in [3.05, 3.63) is 41.1 Å². The Balaban J connectivity index is 1.82. The maximum absolute atomic E-state index is 15.1. The van der Waals surface area contributed by atoms with Crippen LogP contribution in [0.15, 0.2) is 35.5 Å². The van der Waals surface area contributed by atoms with Crippen LogP contribution in [-0.2, 0) is 9.59 Å². The molecule has 0 unspecified atom stereocenters. The summed E-state index contributed by atoms with van der Waals surface area (Å²) in [6, 6.07) is 5.19. The highest BCUT2D eigenvalue weighted by atomic mass is 19.4. The molecule has 1 fully saturated rings. The third-order valence-corrected chi connectivity index (χ3v) is 8.27. The molecule has 208 valence electrons. The number of carbonyl (C=O) groups excluding carboxylic acids is 3. The minimum absolute atomic E-state index is 0.0603. The molecule has 0 radical (unpaired) electrons. The van der Waals surface area contributed by atoms with Crippen molar-refractivity contribution in [3.63, 3.8) is 0 Å². The number of hydrogen-bond donors (Lipinski definition) is 1. The first-order valence-corrected chi connectivity index (χ1v) is 13.4. The molecule has 1 heterocycles. The number of halogens is 3. The number of Topliss-reactive ketones (excluding diaryl/α,β-unsaturated/α-hetero) is 1. The largest absolute Gasteiger partial charge is 0.491 e. The highest BCUT2D eigenvalue weighted by Gasteiger charge is 2.72. The van der Waals surface area contributed by atoms with Gasteiger partial charge < -0.3 is 15.0 Å². The molecule has 4 atom stereocenters. The van der Waals surface area contributed by atoms with E-state index in [0.29, 0.717) is 12.2 Å². The fourth-order valence-electron chi connectivity index (χ4n) is 6.25. The number of hydrogen-bond acceptors (Lipinski definition) is 4. The summed E-state index contributed by atoms with van der Waals surface area (Å²) in [6.07, 6.45) is -3.10. The second-order valence-electron chi connectivity index (χ2n) is 12.2. The zero-order valence-corrected chi connectivity index (χ0v) is 22.9. The molecule has 1 aromatic carbocycles. The van der Waals surface area contributed by atoms with Gasteiger partial charge in [-0.1, -0.05) is 40.5 Å². The lowest BCUT2D eigenvalue weighted by atomic mass is 9.72. The summed E-state index contributed by atoms with van der Waals surface area (Å²) in [7, 11) is 0. The third kappa shape index (κ3) is 4.73. The van der Waals surface area contributed by atoms with Gasteiger partial charge >= 0.3 is 6.18 Å². The molecule has 4 rings (SSSR count). The van der Waals surface area contributed by atoms with E-state index in [1.807, 2.05) is 46.9 Å². The van der Waals surface area contributed by atoms with E-state index in [4.69, 9.17) is 4.74 Å². The number of alkyl halides is 3. The van der Waals surface area contributed by atoms with Crippen LogP contribution in [0.5, 0.6) is 5.75 Å². The van der Waals surface area contributed by atoms with E-state index in [1.54, 1.807) is 0 Å². The molecular weight excluding hydrogens is 497 g/mol. The second kappa shape index (κ2) is 9.72. The van der Waals surface area contributed by atoms with E-state index in [2.05, 4.69) is 0 Å². The molecule has 0 spiro atoms. The molecule has 6 nitrogen and oxygen atoms in total. The van der Waals surface area contributed by atoms with Crippen LogP contribution in [0.1, 0.15) is 84.0 Å². The first-order valence-electron chi connectivity index (χ1n) is 13.4. The molecule has 1 saturated carbocycles. The predicted octanol–water partition coefficient (Wildman–Crippen LogP) is 5.81. The summed E-state index contributed by atoms with van der Waals surface area (Å²) >= 11 is 0. The van der Waals surface area contributed by atoms with E-state index in [9.17, 15) is 14.4 Å². The Kier molecular flexibility index (Phi) is 7.21.